The summed E-state index contributed by atoms with van der Waals surface area (Å²) in [5.74, 6) is 0. The van der Waals surface area contributed by atoms with Crippen molar-refractivity contribution in [3.8, 4) is 0 Å². The predicted molar refractivity (Wildman–Crippen MR) is 56.9 cm³/mol. The molecule has 0 spiro atoms. The summed E-state index contributed by atoms with van der Waals surface area (Å²) in [6.07, 6.45) is 2.27. The second kappa shape index (κ2) is 4.36. The van der Waals surface area contributed by atoms with Gasteiger partial charge in [0.25, 0.3) is 6.47 Å². The van der Waals surface area contributed by atoms with Gasteiger partial charge in [0.2, 0.25) is 0 Å². The van der Waals surface area contributed by atoms with Crippen molar-refractivity contribution in [3.63, 3.8) is 0 Å². The summed E-state index contributed by atoms with van der Waals surface area (Å²) in [5, 5.41) is 1.56. The second-order valence-electron chi connectivity index (χ2n) is 3.09. The van der Waals surface area contributed by atoms with Gasteiger partial charge in [0, 0.05) is 17.4 Å². The molecule has 0 bridgehead atoms. The van der Waals surface area contributed by atoms with Crippen molar-refractivity contribution in [3.05, 3.63) is 35.0 Å². The van der Waals surface area contributed by atoms with E-state index in [1.807, 2.05) is 12.1 Å². The Hall–Kier alpha value is -1.48. The quantitative estimate of drug-likeness (QED) is 0.592. The molecular formula is C11H9ClO3. The molecule has 0 amide bonds. The minimum atomic E-state index is 0.352. The lowest BCUT2D eigenvalue weighted by Crippen LogP contribution is -1.95. The van der Waals surface area contributed by atoms with Crippen LogP contribution in [0, 0.1) is 0 Å². The topological polar surface area (TPSA) is 39.4 Å². The van der Waals surface area contributed by atoms with E-state index in [1.165, 1.54) is 0 Å². The lowest BCUT2D eigenvalue weighted by molar-refractivity contribution is -0.128. The van der Waals surface area contributed by atoms with E-state index in [4.69, 9.17) is 16.0 Å². The smallest absolute Gasteiger partial charge is 0.293 e. The highest BCUT2D eigenvalue weighted by molar-refractivity contribution is 6.34. The average molecular weight is 225 g/mol. The first-order chi connectivity index (χ1) is 7.33. The molecule has 0 fully saturated rings. The van der Waals surface area contributed by atoms with Gasteiger partial charge < -0.3 is 9.15 Å². The lowest BCUT2D eigenvalue weighted by atomic mass is 10.1. The Labute approximate surface area is 91.6 Å². The van der Waals surface area contributed by atoms with Crippen molar-refractivity contribution in [2.24, 2.45) is 0 Å². The van der Waals surface area contributed by atoms with Crippen molar-refractivity contribution < 1.29 is 13.9 Å². The highest BCUT2D eigenvalue weighted by atomic mass is 35.5. The Kier molecular flexibility index (Phi) is 2.92. The molecule has 0 saturated carbocycles. The molecule has 0 aliphatic heterocycles. The normalized spacial score (nSPS) is 10.5. The third-order valence-electron chi connectivity index (χ3n) is 2.19. The first-order valence-electron chi connectivity index (χ1n) is 4.53. The van der Waals surface area contributed by atoms with Crippen molar-refractivity contribution in [1.29, 1.82) is 0 Å². The first-order valence-corrected chi connectivity index (χ1v) is 4.90. The number of carbonyl (C=O) groups is 1. The number of rotatable bonds is 4. The Morgan fingerprint density at radius 2 is 2.33 bits per heavy atom. The minimum Gasteiger partial charge on any atom is -0.468 e. The van der Waals surface area contributed by atoms with Crippen molar-refractivity contribution >= 4 is 29.0 Å². The van der Waals surface area contributed by atoms with Crippen LogP contribution in [0.4, 0.5) is 0 Å². The van der Waals surface area contributed by atoms with Gasteiger partial charge in [0.15, 0.2) is 5.58 Å². The molecule has 78 valence electrons. The molecule has 0 N–H and O–H groups in total. The zero-order chi connectivity index (χ0) is 10.7. The van der Waals surface area contributed by atoms with Gasteiger partial charge in [0.1, 0.15) is 0 Å². The maximum absolute atomic E-state index is 9.98. The number of para-hydroxylation sites is 1. The van der Waals surface area contributed by atoms with Crippen LogP contribution >= 0.6 is 11.6 Å². The Bertz CT molecular complexity index is 476. The van der Waals surface area contributed by atoms with Crippen LogP contribution in [0.2, 0.25) is 5.02 Å². The van der Waals surface area contributed by atoms with E-state index in [-0.39, 0.29) is 0 Å². The Balaban J connectivity index is 2.28. The number of furan rings is 1. The fourth-order valence-corrected chi connectivity index (χ4v) is 1.70. The molecule has 0 saturated heterocycles. The molecule has 3 nitrogen and oxygen atoms in total. The van der Waals surface area contributed by atoms with E-state index >= 15 is 0 Å². The van der Waals surface area contributed by atoms with Gasteiger partial charge in [-0.2, -0.15) is 0 Å². The molecule has 4 heteroatoms. The van der Waals surface area contributed by atoms with Gasteiger partial charge in [-0.05, 0) is 6.07 Å². The van der Waals surface area contributed by atoms with Crippen molar-refractivity contribution in [2.75, 3.05) is 6.61 Å². The van der Waals surface area contributed by atoms with Crippen LogP contribution in [-0.4, -0.2) is 13.1 Å². The number of hydrogen-bond donors (Lipinski definition) is 0. The van der Waals surface area contributed by atoms with E-state index in [1.54, 1.807) is 12.3 Å². The number of benzene rings is 1. The third kappa shape index (κ3) is 1.97. The van der Waals surface area contributed by atoms with Gasteiger partial charge in [-0.1, -0.05) is 23.7 Å². The number of fused-ring (bicyclic) bond motifs is 1. The minimum absolute atomic E-state index is 0.352. The maximum Gasteiger partial charge on any atom is 0.293 e. The van der Waals surface area contributed by atoms with E-state index in [0.717, 1.165) is 10.9 Å². The Morgan fingerprint density at radius 3 is 3.13 bits per heavy atom. The van der Waals surface area contributed by atoms with Gasteiger partial charge in [-0.3, -0.25) is 4.79 Å². The Morgan fingerprint density at radius 1 is 1.47 bits per heavy atom. The molecule has 1 aromatic heterocycles. The monoisotopic (exact) mass is 224 g/mol. The van der Waals surface area contributed by atoms with Crippen LogP contribution in [0.25, 0.3) is 11.0 Å². The standard InChI is InChI=1S/C11H9ClO3/c12-10-3-1-2-9-8(4-5-14-7-13)6-15-11(9)10/h1-3,6-7H,4-5H2. The molecule has 2 rings (SSSR count). The van der Waals surface area contributed by atoms with Crippen molar-refractivity contribution in [2.45, 2.75) is 6.42 Å². The third-order valence-corrected chi connectivity index (χ3v) is 2.49. The van der Waals surface area contributed by atoms with E-state index in [0.29, 0.717) is 30.1 Å². The highest BCUT2D eigenvalue weighted by Gasteiger charge is 2.07. The van der Waals surface area contributed by atoms with E-state index in [9.17, 15) is 4.79 Å². The van der Waals surface area contributed by atoms with Gasteiger partial charge >= 0.3 is 0 Å². The fourth-order valence-electron chi connectivity index (χ4n) is 1.49. The van der Waals surface area contributed by atoms with Gasteiger partial charge in [-0.15, -0.1) is 0 Å². The van der Waals surface area contributed by atoms with Gasteiger partial charge in [0.05, 0.1) is 17.9 Å². The summed E-state index contributed by atoms with van der Waals surface area (Å²) in [4.78, 5) is 9.98. The van der Waals surface area contributed by atoms with Crippen LogP contribution in [-0.2, 0) is 16.0 Å². The molecule has 2 aromatic rings. The molecular weight excluding hydrogens is 216 g/mol. The molecule has 0 aliphatic carbocycles. The second-order valence-corrected chi connectivity index (χ2v) is 3.50. The SMILES string of the molecule is O=COCCc1coc2c(Cl)cccc12. The van der Waals surface area contributed by atoms with E-state index < -0.39 is 0 Å². The number of carbonyl (C=O) groups excluding carboxylic acids is 1. The summed E-state index contributed by atoms with van der Waals surface area (Å²) in [7, 11) is 0. The van der Waals surface area contributed by atoms with Crippen LogP contribution in [0.15, 0.2) is 28.9 Å². The van der Waals surface area contributed by atoms with E-state index in [2.05, 4.69) is 4.74 Å². The number of halogens is 1. The highest BCUT2D eigenvalue weighted by Crippen LogP contribution is 2.27. The van der Waals surface area contributed by atoms with Crippen LogP contribution in [0.3, 0.4) is 0 Å². The summed E-state index contributed by atoms with van der Waals surface area (Å²) in [6.45, 7) is 0.792. The summed E-state index contributed by atoms with van der Waals surface area (Å²) in [5.41, 5.74) is 1.68. The zero-order valence-electron chi connectivity index (χ0n) is 7.90. The van der Waals surface area contributed by atoms with Gasteiger partial charge in [-0.25, -0.2) is 0 Å². The largest absolute Gasteiger partial charge is 0.468 e. The summed E-state index contributed by atoms with van der Waals surface area (Å²) < 4.78 is 9.97. The molecule has 0 aliphatic rings. The maximum atomic E-state index is 9.98. The summed E-state index contributed by atoms with van der Waals surface area (Å²) in [6, 6.07) is 5.57. The summed E-state index contributed by atoms with van der Waals surface area (Å²) >= 11 is 5.95. The molecule has 0 radical (unpaired) electrons. The number of ether oxygens (including phenoxy) is 1. The van der Waals surface area contributed by atoms with Crippen LogP contribution in [0.1, 0.15) is 5.56 Å². The number of hydrogen-bond acceptors (Lipinski definition) is 3. The van der Waals surface area contributed by atoms with Crippen LogP contribution in [0.5, 0.6) is 0 Å². The molecule has 0 unspecified atom stereocenters. The predicted octanol–water partition coefficient (Wildman–Crippen LogP) is 2.80. The molecule has 1 heterocycles. The average Bonchev–Trinajstić information content (AvgIpc) is 2.64. The van der Waals surface area contributed by atoms with Crippen LogP contribution < -0.4 is 0 Å². The molecule has 1 aromatic carbocycles. The lowest BCUT2D eigenvalue weighted by Gasteiger charge is -1.97. The molecule has 0 atom stereocenters. The zero-order valence-corrected chi connectivity index (χ0v) is 8.66. The first kappa shape index (κ1) is 10.1. The van der Waals surface area contributed by atoms with Crippen molar-refractivity contribution in [1.82, 2.24) is 0 Å². The fraction of sp³-hybridized carbons (Fsp3) is 0.182. The molecule has 15 heavy (non-hydrogen) atoms.